The Kier molecular flexibility index (Phi) is 25.5. The van der Waals surface area contributed by atoms with E-state index in [1.54, 1.807) is 0 Å². The van der Waals surface area contributed by atoms with Gasteiger partial charge in [-0.2, -0.15) is 8.42 Å². The van der Waals surface area contributed by atoms with Gasteiger partial charge in [0.1, 0.15) is 0 Å². The molecule has 0 saturated heterocycles. The van der Waals surface area contributed by atoms with Crippen molar-refractivity contribution in [1.82, 2.24) is 0 Å². The van der Waals surface area contributed by atoms with Crippen molar-refractivity contribution in [3.8, 4) is 0 Å². The van der Waals surface area contributed by atoms with Crippen LogP contribution in [-0.2, 0) is 14.9 Å². The molecule has 0 aromatic rings. The molecule has 0 heterocycles. The van der Waals surface area contributed by atoms with Gasteiger partial charge in [0.2, 0.25) is 0 Å². The molecule has 0 aromatic heterocycles. The fourth-order valence-corrected chi connectivity index (χ4v) is 0. The molecule has 0 aromatic carbocycles. The van der Waals surface area contributed by atoms with Gasteiger partial charge >= 0.3 is 101 Å². The predicted molar refractivity (Wildman–Crippen MR) is 27.3 cm³/mol. The van der Waals surface area contributed by atoms with Gasteiger partial charge in [-0.05, 0) is 0 Å². The molecule has 0 atom stereocenters. The van der Waals surface area contributed by atoms with Gasteiger partial charge in [-0.15, -0.1) is 0 Å². The van der Waals surface area contributed by atoms with Gasteiger partial charge in [0.25, 0.3) is 0 Å². The zero-order chi connectivity index (χ0) is 8.08. The molecule has 11 heteroatoms. The van der Waals surface area contributed by atoms with Crippen LogP contribution in [0.5, 0.6) is 0 Å². The van der Waals surface area contributed by atoms with Gasteiger partial charge in [-0.25, -0.2) is 0 Å². The monoisotopic (exact) mass is 240 g/mol. The fourth-order valence-electron chi connectivity index (χ4n) is 0. The largest absolute Gasteiger partial charge is 1.00 e. The summed E-state index contributed by atoms with van der Waals surface area (Å²) in [5, 5.41) is 0. The number of hydrogen-bond donors (Lipinski definition) is 4. The van der Waals surface area contributed by atoms with Gasteiger partial charge in [0, 0.05) is 0 Å². The molecule has 11 heavy (non-hydrogen) atoms. The van der Waals surface area contributed by atoms with Crippen LogP contribution in [0.3, 0.4) is 0 Å². The molecule has 0 unspecified atom stereocenters. The average Bonchev–Trinajstić information content (AvgIpc) is 1.19. The Morgan fingerprint density at radius 1 is 1.18 bits per heavy atom. The van der Waals surface area contributed by atoms with E-state index in [1.807, 2.05) is 0 Å². The summed E-state index contributed by atoms with van der Waals surface area (Å²) in [6, 6.07) is 0. The standard InChI is InChI=1S/K.Na.H2O4S.H2O3Si.2H/c;;1-5(2,3)4;1-4(2)3;;/h;;(H2,1,2,3,4);1-2H;;/q2*+1;;;2*-1. The van der Waals surface area contributed by atoms with E-state index in [9.17, 15) is 0 Å². The van der Waals surface area contributed by atoms with E-state index in [4.69, 9.17) is 31.6 Å². The predicted octanol–water partition coefficient (Wildman–Crippen LogP) is -8.03. The molecule has 0 aliphatic carbocycles. The maximum Gasteiger partial charge on any atom is 1.00 e. The van der Waals surface area contributed by atoms with Gasteiger partial charge in [-0.3, -0.25) is 13.6 Å². The minimum Gasteiger partial charge on any atom is -1.00 e. The van der Waals surface area contributed by atoms with Gasteiger partial charge in [0.05, 0.1) is 0 Å². The second-order valence-electron chi connectivity index (χ2n) is 0.730. The molecular weight excluding hydrogens is 234 g/mol. The van der Waals surface area contributed by atoms with Crippen LogP contribution in [-0.4, -0.2) is 36.3 Å². The molecule has 0 aliphatic heterocycles. The molecule has 0 radical (unpaired) electrons. The van der Waals surface area contributed by atoms with Crippen LogP contribution in [0.15, 0.2) is 0 Å². The smallest absolute Gasteiger partial charge is 1.00 e. The molecule has 0 saturated carbocycles. The molecule has 0 fully saturated rings. The second kappa shape index (κ2) is 12.1. The molecule has 0 rings (SSSR count). The molecule has 60 valence electrons. The van der Waals surface area contributed by atoms with Crippen LogP contribution in [0.2, 0.25) is 0 Å². The number of hydrogen-bond acceptors (Lipinski definition) is 3. The third-order valence-electron chi connectivity index (χ3n) is 0. The Balaban J connectivity index is -0.0000000146. The zero-order valence-corrected chi connectivity index (χ0v) is 12.9. The number of rotatable bonds is 0. The maximum atomic E-state index is 8.74. The summed E-state index contributed by atoms with van der Waals surface area (Å²) < 4.78 is 40.3. The van der Waals surface area contributed by atoms with Crippen LogP contribution in [0.4, 0.5) is 0 Å². The molecule has 0 amide bonds. The average molecular weight is 240 g/mol. The SMILES string of the molecule is O=S(=O)(O)O.O=[Si](O)O.[H-].[H-].[K+].[Na+]. The van der Waals surface area contributed by atoms with Crippen LogP contribution >= 0.6 is 0 Å². The van der Waals surface area contributed by atoms with E-state index in [0.29, 0.717) is 0 Å². The third-order valence-corrected chi connectivity index (χ3v) is 0. The molecule has 7 nitrogen and oxygen atoms in total. The van der Waals surface area contributed by atoms with E-state index < -0.39 is 19.6 Å². The first-order valence-corrected chi connectivity index (χ1v) is 4.05. The van der Waals surface area contributed by atoms with Crippen LogP contribution in [0, 0.1) is 0 Å². The summed E-state index contributed by atoms with van der Waals surface area (Å²) in [4.78, 5) is 14.3. The Labute approximate surface area is 132 Å². The summed E-state index contributed by atoms with van der Waals surface area (Å²) in [6.45, 7) is 0. The van der Waals surface area contributed by atoms with Crippen LogP contribution in [0.25, 0.3) is 0 Å². The molecule has 0 spiro atoms. The summed E-state index contributed by atoms with van der Waals surface area (Å²) in [5.74, 6) is 0. The van der Waals surface area contributed by atoms with Crippen molar-refractivity contribution in [3.63, 3.8) is 0 Å². The van der Waals surface area contributed by atoms with Crippen molar-refractivity contribution in [3.05, 3.63) is 0 Å². The first-order chi connectivity index (χ1) is 3.73. The van der Waals surface area contributed by atoms with Crippen molar-refractivity contribution >= 4 is 19.6 Å². The molecular formula is H6KNaO7SSi. The van der Waals surface area contributed by atoms with Gasteiger partial charge < -0.3 is 12.4 Å². The molecule has 4 N–H and O–H groups in total. The Morgan fingerprint density at radius 2 is 1.18 bits per heavy atom. The van der Waals surface area contributed by atoms with Crippen LogP contribution in [0.1, 0.15) is 2.85 Å². The Hall–Kier alpha value is 2.12. The van der Waals surface area contributed by atoms with E-state index >= 15 is 0 Å². The minimum absolute atomic E-state index is 0. The van der Waals surface area contributed by atoms with E-state index in [0.717, 1.165) is 0 Å². The van der Waals surface area contributed by atoms with Crippen LogP contribution < -0.4 is 80.9 Å². The molecule has 0 aliphatic rings. The second-order valence-corrected chi connectivity index (χ2v) is 2.19. The normalized spacial score (nSPS) is 7.45. The van der Waals surface area contributed by atoms with Crippen molar-refractivity contribution in [2.45, 2.75) is 0 Å². The van der Waals surface area contributed by atoms with Gasteiger partial charge in [0.15, 0.2) is 0 Å². The first-order valence-electron chi connectivity index (χ1n) is 1.35. The van der Waals surface area contributed by atoms with E-state index in [-0.39, 0.29) is 83.8 Å². The summed E-state index contributed by atoms with van der Waals surface area (Å²) in [7, 11) is -7.80. The fraction of sp³-hybridized carbons (Fsp3) is 0. The Bertz CT molecular complexity index is 169. The quantitative estimate of drug-likeness (QED) is 0.244. The topological polar surface area (TPSA) is 132 Å². The summed E-state index contributed by atoms with van der Waals surface area (Å²) in [5.41, 5.74) is 0. The minimum atomic E-state index is -4.67. The van der Waals surface area contributed by atoms with E-state index in [1.165, 1.54) is 0 Å². The van der Waals surface area contributed by atoms with Gasteiger partial charge in [-0.1, -0.05) is 0 Å². The van der Waals surface area contributed by atoms with Crippen molar-refractivity contribution in [1.29, 1.82) is 0 Å². The summed E-state index contributed by atoms with van der Waals surface area (Å²) in [6.07, 6.45) is 0. The third kappa shape index (κ3) is 276. The summed E-state index contributed by atoms with van der Waals surface area (Å²) >= 11 is 0. The van der Waals surface area contributed by atoms with E-state index in [2.05, 4.69) is 0 Å². The maximum absolute atomic E-state index is 8.74. The van der Waals surface area contributed by atoms with Crippen molar-refractivity contribution in [2.24, 2.45) is 0 Å². The van der Waals surface area contributed by atoms with Crippen molar-refractivity contribution in [2.75, 3.05) is 0 Å². The Morgan fingerprint density at radius 3 is 1.18 bits per heavy atom. The molecule has 0 bridgehead atoms. The zero-order valence-electron chi connectivity index (χ0n) is 7.92. The van der Waals surface area contributed by atoms with Crippen molar-refractivity contribution < 1.29 is 115 Å². The first kappa shape index (κ1) is 23.2.